The first-order chi connectivity index (χ1) is 16.9. The lowest BCUT2D eigenvalue weighted by Crippen LogP contribution is -1.96. The van der Waals surface area contributed by atoms with Gasteiger partial charge in [0, 0.05) is 33.4 Å². The highest BCUT2D eigenvalue weighted by Crippen LogP contribution is 2.38. The van der Waals surface area contributed by atoms with E-state index in [1.165, 1.54) is 27.2 Å². The van der Waals surface area contributed by atoms with Gasteiger partial charge in [0.25, 0.3) is 0 Å². The normalized spacial score (nSPS) is 12.1. The van der Waals surface area contributed by atoms with Gasteiger partial charge in [0.2, 0.25) is 0 Å². The topological polar surface area (TPSA) is 35.1 Å². The van der Waals surface area contributed by atoms with Crippen molar-refractivity contribution >= 4 is 60.3 Å². The summed E-state index contributed by atoms with van der Waals surface area (Å²) in [6, 6.07) is 36.4. The Labute approximate surface area is 194 Å². The molecule has 0 amide bonds. The van der Waals surface area contributed by atoms with Crippen molar-refractivity contribution in [1.29, 1.82) is 0 Å². The van der Waals surface area contributed by atoms with E-state index in [1.807, 2.05) is 18.3 Å². The van der Waals surface area contributed by atoms with E-state index < -0.39 is 0 Å². The average molecular weight is 435 g/mol. The first kappa shape index (κ1) is 17.8. The lowest BCUT2D eigenvalue weighted by atomic mass is 10.1. The van der Waals surface area contributed by atoms with Crippen LogP contribution in [0.2, 0.25) is 0 Å². The molecule has 0 saturated heterocycles. The van der Waals surface area contributed by atoms with E-state index in [9.17, 15) is 0 Å². The van der Waals surface area contributed by atoms with Crippen LogP contribution in [0, 0.1) is 0 Å². The van der Waals surface area contributed by atoms with Crippen LogP contribution in [0.1, 0.15) is 0 Å². The summed E-state index contributed by atoms with van der Waals surface area (Å²) >= 11 is 0. The summed E-state index contributed by atoms with van der Waals surface area (Å²) in [4.78, 5) is 9.75. The minimum atomic E-state index is 0.894. The van der Waals surface area contributed by atoms with Crippen LogP contribution in [-0.2, 0) is 0 Å². The number of para-hydroxylation sites is 4. The van der Waals surface area contributed by atoms with Crippen molar-refractivity contribution in [2.45, 2.75) is 0 Å². The van der Waals surface area contributed by atoms with Crippen LogP contribution < -0.4 is 0 Å². The lowest BCUT2D eigenvalue weighted by Gasteiger charge is -2.11. The number of imidazole rings is 1. The summed E-state index contributed by atoms with van der Waals surface area (Å²) < 4.78 is 4.63. The van der Waals surface area contributed by atoms with Crippen molar-refractivity contribution in [3.8, 4) is 5.69 Å². The molecule has 4 nitrogen and oxygen atoms in total. The molecule has 34 heavy (non-hydrogen) atoms. The molecule has 0 N–H and O–H groups in total. The quantitative estimate of drug-likeness (QED) is 0.254. The fourth-order valence-electron chi connectivity index (χ4n) is 5.49. The van der Waals surface area contributed by atoms with Crippen molar-refractivity contribution in [1.82, 2.24) is 18.9 Å². The second-order valence-electron chi connectivity index (χ2n) is 8.73. The molecule has 0 radical (unpaired) electrons. The Morgan fingerprint density at radius 1 is 0.529 bits per heavy atom. The Hall–Kier alpha value is -4.70. The van der Waals surface area contributed by atoms with Crippen LogP contribution in [0.25, 0.3) is 66.0 Å². The zero-order valence-electron chi connectivity index (χ0n) is 18.2. The van der Waals surface area contributed by atoms with Crippen LogP contribution in [0.5, 0.6) is 0 Å². The molecule has 0 unspecified atom stereocenters. The second-order valence-corrected chi connectivity index (χ2v) is 8.73. The predicted octanol–water partition coefficient (Wildman–Crippen LogP) is 7.29. The van der Waals surface area contributed by atoms with Gasteiger partial charge in [-0.15, -0.1) is 0 Å². The number of hydrogen-bond acceptors (Lipinski definition) is 2. The van der Waals surface area contributed by atoms with Gasteiger partial charge >= 0.3 is 0 Å². The summed E-state index contributed by atoms with van der Waals surface area (Å²) in [5.41, 5.74) is 8.57. The Bertz CT molecular complexity index is 2060. The van der Waals surface area contributed by atoms with E-state index in [4.69, 9.17) is 9.97 Å². The molecule has 0 aliphatic heterocycles. The average Bonchev–Trinajstić information content (AvgIpc) is 3.44. The van der Waals surface area contributed by atoms with Gasteiger partial charge in [-0.2, -0.15) is 0 Å². The molecule has 0 bridgehead atoms. The second kappa shape index (κ2) is 6.42. The molecule has 158 valence electrons. The zero-order valence-corrected chi connectivity index (χ0v) is 18.2. The minimum Gasteiger partial charge on any atom is -0.309 e. The van der Waals surface area contributed by atoms with Crippen molar-refractivity contribution in [3.63, 3.8) is 0 Å². The van der Waals surface area contributed by atoms with E-state index in [-0.39, 0.29) is 0 Å². The SMILES string of the molecule is c1ccc(-n2c3ccccc3c3cc4c5cccnc5c5nc6ccccc6n5c4cc32)cc1. The lowest BCUT2D eigenvalue weighted by molar-refractivity contribution is 1.18. The van der Waals surface area contributed by atoms with E-state index in [1.54, 1.807) is 0 Å². The third-order valence-corrected chi connectivity index (χ3v) is 6.92. The maximum atomic E-state index is 4.99. The molecule has 0 aliphatic rings. The maximum absolute atomic E-state index is 4.99. The number of aromatic nitrogens is 4. The summed E-state index contributed by atoms with van der Waals surface area (Å²) in [6.45, 7) is 0. The van der Waals surface area contributed by atoms with Gasteiger partial charge in [-0.05, 0) is 48.5 Å². The van der Waals surface area contributed by atoms with E-state index in [0.29, 0.717) is 0 Å². The maximum Gasteiger partial charge on any atom is 0.165 e. The molecule has 0 aliphatic carbocycles. The smallest absolute Gasteiger partial charge is 0.165 e. The fourth-order valence-corrected chi connectivity index (χ4v) is 5.49. The van der Waals surface area contributed by atoms with E-state index >= 15 is 0 Å². The largest absolute Gasteiger partial charge is 0.309 e. The van der Waals surface area contributed by atoms with Crippen LogP contribution in [0.3, 0.4) is 0 Å². The number of hydrogen-bond donors (Lipinski definition) is 0. The summed E-state index contributed by atoms with van der Waals surface area (Å²) in [7, 11) is 0. The van der Waals surface area contributed by atoms with Gasteiger partial charge in [0.05, 0.1) is 27.6 Å². The van der Waals surface area contributed by atoms with Crippen molar-refractivity contribution in [3.05, 3.63) is 109 Å². The first-order valence-corrected chi connectivity index (χ1v) is 11.4. The van der Waals surface area contributed by atoms with Crippen LogP contribution in [0.15, 0.2) is 109 Å². The molecule has 0 saturated carbocycles. The van der Waals surface area contributed by atoms with Crippen molar-refractivity contribution in [2.75, 3.05) is 0 Å². The molecule has 0 fully saturated rings. The van der Waals surface area contributed by atoms with Gasteiger partial charge in [-0.25, -0.2) is 4.98 Å². The third-order valence-electron chi connectivity index (χ3n) is 6.92. The number of nitrogens with zero attached hydrogens (tertiary/aromatic N) is 4. The van der Waals surface area contributed by atoms with Crippen molar-refractivity contribution < 1.29 is 0 Å². The molecule has 4 aromatic carbocycles. The Morgan fingerprint density at radius 2 is 1.26 bits per heavy atom. The minimum absolute atomic E-state index is 0.894. The Kier molecular flexibility index (Phi) is 3.36. The van der Waals surface area contributed by atoms with E-state index in [2.05, 4.69) is 100.0 Å². The highest BCUT2D eigenvalue weighted by atomic mass is 15.0. The highest BCUT2D eigenvalue weighted by molar-refractivity contribution is 6.19. The summed E-state index contributed by atoms with van der Waals surface area (Å²) in [5, 5.41) is 4.79. The van der Waals surface area contributed by atoms with Gasteiger partial charge in [0.1, 0.15) is 5.52 Å². The fraction of sp³-hybridized carbons (Fsp3) is 0. The number of rotatable bonds is 1. The number of pyridine rings is 2. The zero-order chi connectivity index (χ0) is 22.2. The molecule has 0 spiro atoms. The molecule has 8 aromatic rings. The Balaban J connectivity index is 1.69. The number of benzene rings is 4. The van der Waals surface area contributed by atoms with E-state index in [0.717, 1.165) is 38.8 Å². The van der Waals surface area contributed by atoms with Gasteiger partial charge < -0.3 is 4.57 Å². The molecule has 4 aromatic heterocycles. The Morgan fingerprint density at radius 3 is 2.18 bits per heavy atom. The number of fused-ring (bicyclic) bond motifs is 11. The van der Waals surface area contributed by atoms with Gasteiger partial charge in [-0.1, -0.05) is 54.6 Å². The molecular weight excluding hydrogens is 416 g/mol. The predicted molar refractivity (Wildman–Crippen MR) is 140 cm³/mol. The first-order valence-electron chi connectivity index (χ1n) is 11.4. The standard InChI is InChI=1S/C30H18N4/c1-2-9-19(10-3-1)33-25-14-6-4-11-20(25)22-17-23-21-12-8-16-31-29(21)30-32-24-13-5-7-15-26(24)34(30)28(23)18-27(22)33/h1-18H. The van der Waals surface area contributed by atoms with Crippen molar-refractivity contribution in [2.24, 2.45) is 0 Å². The molecule has 0 atom stereocenters. The molecular formula is C30H18N4. The third kappa shape index (κ3) is 2.22. The highest BCUT2D eigenvalue weighted by Gasteiger charge is 2.18. The van der Waals surface area contributed by atoms with Crippen LogP contribution >= 0.6 is 0 Å². The molecule has 8 rings (SSSR count). The summed E-state index contributed by atoms with van der Waals surface area (Å²) in [6.07, 6.45) is 1.85. The molecule has 4 heterocycles. The van der Waals surface area contributed by atoms with Crippen LogP contribution in [0.4, 0.5) is 0 Å². The summed E-state index contributed by atoms with van der Waals surface area (Å²) in [5.74, 6) is 0. The van der Waals surface area contributed by atoms with Gasteiger partial charge in [-0.3, -0.25) is 9.38 Å². The van der Waals surface area contributed by atoms with Gasteiger partial charge in [0.15, 0.2) is 5.65 Å². The monoisotopic (exact) mass is 434 g/mol. The van der Waals surface area contributed by atoms with Crippen LogP contribution in [-0.4, -0.2) is 18.9 Å². The molecule has 4 heteroatoms.